The molecule has 6 nitrogen and oxygen atoms in total. The van der Waals surface area contributed by atoms with E-state index >= 15 is 0 Å². The van der Waals surface area contributed by atoms with Crippen LogP contribution in [-0.2, 0) is 14.6 Å². The Balaban J connectivity index is 2.97. The van der Waals surface area contributed by atoms with E-state index in [1.54, 1.807) is 6.07 Å². The first-order chi connectivity index (χ1) is 9.73. The zero-order valence-electron chi connectivity index (χ0n) is 11.5. The van der Waals surface area contributed by atoms with Crippen molar-refractivity contribution < 1.29 is 27.8 Å². The molecule has 21 heavy (non-hydrogen) atoms. The molecule has 1 rings (SSSR count). The third kappa shape index (κ3) is 6.05. The Hall–Kier alpha value is -1.73. The van der Waals surface area contributed by atoms with E-state index < -0.39 is 15.8 Å². The molecule has 0 radical (unpaired) electrons. The Kier molecular flexibility index (Phi) is 6.04. The number of rotatable bonds is 7. The normalized spacial score (nSPS) is 11.6. The number of aliphatic carboxylic acids is 1. The van der Waals surface area contributed by atoms with Gasteiger partial charge in [-0.15, -0.1) is 0 Å². The monoisotopic (exact) mass is 334 g/mol. The van der Waals surface area contributed by atoms with Crippen LogP contribution in [0.15, 0.2) is 18.2 Å². The second-order valence-corrected chi connectivity index (χ2v) is 6.85. The molecule has 0 amide bonds. The van der Waals surface area contributed by atoms with Crippen LogP contribution < -0.4 is 9.47 Å². The van der Waals surface area contributed by atoms with Gasteiger partial charge in [0.2, 0.25) is 0 Å². The topological polar surface area (TPSA) is 89.9 Å². The SMILES string of the molecule is COc1cc(/C=C/C(=O)O)cc(Cl)c1OCCS(C)(=O)=O. The maximum Gasteiger partial charge on any atom is 0.328 e. The van der Waals surface area contributed by atoms with Crippen molar-refractivity contribution >= 4 is 33.5 Å². The Morgan fingerprint density at radius 3 is 2.62 bits per heavy atom. The zero-order valence-corrected chi connectivity index (χ0v) is 13.1. The Morgan fingerprint density at radius 1 is 1.43 bits per heavy atom. The van der Waals surface area contributed by atoms with Gasteiger partial charge in [0.05, 0.1) is 17.9 Å². The molecule has 0 saturated carbocycles. The number of halogens is 1. The van der Waals surface area contributed by atoms with Crippen molar-refractivity contribution in [1.82, 2.24) is 0 Å². The van der Waals surface area contributed by atoms with Crippen LogP contribution in [-0.4, -0.2) is 45.2 Å². The maximum absolute atomic E-state index is 11.1. The number of carbonyl (C=O) groups is 1. The van der Waals surface area contributed by atoms with E-state index in [1.807, 2.05) is 0 Å². The first-order valence-corrected chi connectivity index (χ1v) is 8.26. The molecule has 0 aliphatic carbocycles. The maximum atomic E-state index is 11.1. The lowest BCUT2D eigenvalue weighted by Gasteiger charge is -2.13. The molecule has 0 atom stereocenters. The molecule has 0 saturated heterocycles. The molecule has 0 fully saturated rings. The van der Waals surface area contributed by atoms with Crippen LogP contribution in [0, 0.1) is 0 Å². The van der Waals surface area contributed by atoms with Gasteiger partial charge in [-0.25, -0.2) is 13.2 Å². The van der Waals surface area contributed by atoms with Crippen molar-refractivity contribution in [1.29, 1.82) is 0 Å². The summed E-state index contributed by atoms with van der Waals surface area (Å²) in [7, 11) is -1.74. The van der Waals surface area contributed by atoms with E-state index in [1.165, 1.54) is 19.3 Å². The van der Waals surface area contributed by atoms with E-state index in [0.717, 1.165) is 12.3 Å². The van der Waals surface area contributed by atoms with E-state index in [9.17, 15) is 13.2 Å². The minimum atomic E-state index is -3.14. The number of methoxy groups -OCH3 is 1. The van der Waals surface area contributed by atoms with Gasteiger partial charge in [-0.3, -0.25) is 0 Å². The molecule has 8 heteroatoms. The molecule has 0 aliphatic rings. The van der Waals surface area contributed by atoms with Crippen LogP contribution >= 0.6 is 11.6 Å². The fourth-order valence-electron chi connectivity index (χ4n) is 1.44. The fourth-order valence-corrected chi connectivity index (χ4v) is 2.10. The van der Waals surface area contributed by atoms with Crippen LogP contribution in [0.4, 0.5) is 0 Å². The van der Waals surface area contributed by atoms with Crippen molar-refractivity contribution in [3.05, 3.63) is 28.8 Å². The van der Waals surface area contributed by atoms with Gasteiger partial charge < -0.3 is 14.6 Å². The van der Waals surface area contributed by atoms with Gasteiger partial charge in [-0.05, 0) is 23.8 Å². The van der Waals surface area contributed by atoms with Gasteiger partial charge in [-0.2, -0.15) is 0 Å². The summed E-state index contributed by atoms with van der Waals surface area (Å²) in [4.78, 5) is 10.5. The summed E-state index contributed by atoms with van der Waals surface area (Å²) in [5.41, 5.74) is 0.523. The molecular formula is C13H15ClO6S. The molecule has 1 aromatic rings. The second kappa shape index (κ2) is 7.33. The molecule has 0 unspecified atom stereocenters. The molecular weight excluding hydrogens is 320 g/mol. The van der Waals surface area contributed by atoms with Gasteiger partial charge in [0, 0.05) is 12.3 Å². The lowest BCUT2D eigenvalue weighted by Crippen LogP contribution is -2.12. The third-order valence-electron chi connectivity index (χ3n) is 2.37. The van der Waals surface area contributed by atoms with Crippen molar-refractivity contribution in [2.75, 3.05) is 25.7 Å². The molecule has 116 valence electrons. The minimum Gasteiger partial charge on any atom is -0.493 e. The van der Waals surface area contributed by atoms with Crippen molar-refractivity contribution in [2.24, 2.45) is 0 Å². The first-order valence-electron chi connectivity index (χ1n) is 5.82. The highest BCUT2D eigenvalue weighted by Crippen LogP contribution is 2.36. The summed E-state index contributed by atoms with van der Waals surface area (Å²) < 4.78 is 32.6. The van der Waals surface area contributed by atoms with Crippen molar-refractivity contribution in [3.63, 3.8) is 0 Å². The number of hydrogen-bond acceptors (Lipinski definition) is 5. The van der Waals surface area contributed by atoms with Crippen LogP contribution in [0.3, 0.4) is 0 Å². The number of sulfone groups is 1. The summed E-state index contributed by atoms with van der Waals surface area (Å²) in [5, 5.41) is 8.79. The van der Waals surface area contributed by atoms with Crippen LogP contribution in [0.5, 0.6) is 11.5 Å². The van der Waals surface area contributed by atoms with Gasteiger partial charge in [0.1, 0.15) is 6.61 Å². The summed E-state index contributed by atoms with van der Waals surface area (Å²) in [6.07, 6.45) is 3.43. The number of carboxylic acid groups (broad SMARTS) is 1. The molecule has 0 bridgehead atoms. The average molecular weight is 335 g/mol. The molecule has 1 aromatic carbocycles. The summed E-state index contributed by atoms with van der Waals surface area (Å²) in [6.45, 7) is -0.0563. The van der Waals surface area contributed by atoms with Gasteiger partial charge in [-0.1, -0.05) is 11.6 Å². The van der Waals surface area contributed by atoms with E-state index in [4.69, 9.17) is 26.2 Å². The van der Waals surface area contributed by atoms with Crippen molar-refractivity contribution in [3.8, 4) is 11.5 Å². The highest BCUT2D eigenvalue weighted by atomic mass is 35.5. The highest BCUT2D eigenvalue weighted by molar-refractivity contribution is 7.90. The highest BCUT2D eigenvalue weighted by Gasteiger charge is 2.12. The number of hydrogen-bond donors (Lipinski definition) is 1. The Bertz CT molecular complexity index is 651. The van der Waals surface area contributed by atoms with Gasteiger partial charge >= 0.3 is 5.97 Å². The van der Waals surface area contributed by atoms with E-state index in [2.05, 4.69) is 0 Å². The summed E-state index contributed by atoms with van der Waals surface area (Å²) in [5.74, 6) is -0.720. The third-order valence-corrected chi connectivity index (χ3v) is 3.56. The standard InChI is InChI=1S/C13H15ClO6S/c1-19-11-8-9(3-4-12(15)16)7-10(14)13(11)20-5-6-21(2,17)18/h3-4,7-8H,5-6H2,1-2H3,(H,15,16)/b4-3+. The average Bonchev–Trinajstić information content (AvgIpc) is 2.36. The Morgan fingerprint density at radius 2 is 2.10 bits per heavy atom. The smallest absolute Gasteiger partial charge is 0.328 e. The predicted molar refractivity (Wildman–Crippen MR) is 79.9 cm³/mol. The van der Waals surface area contributed by atoms with Gasteiger partial charge in [0.15, 0.2) is 21.3 Å². The largest absolute Gasteiger partial charge is 0.493 e. The molecule has 0 aliphatic heterocycles. The molecule has 0 aromatic heterocycles. The molecule has 0 spiro atoms. The Labute approximate surface area is 127 Å². The lowest BCUT2D eigenvalue weighted by molar-refractivity contribution is -0.131. The van der Waals surface area contributed by atoms with Gasteiger partial charge in [0.25, 0.3) is 0 Å². The number of ether oxygens (including phenoxy) is 2. The minimum absolute atomic E-state index is 0.0563. The van der Waals surface area contributed by atoms with Crippen molar-refractivity contribution in [2.45, 2.75) is 0 Å². The summed E-state index contributed by atoms with van der Waals surface area (Å²) >= 11 is 6.04. The quantitative estimate of drug-likeness (QED) is 0.766. The van der Waals surface area contributed by atoms with E-state index in [-0.39, 0.29) is 23.1 Å². The second-order valence-electron chi connectivity index (χ2n) is 4.18. The zero-order chi connectivity index (χ0) is 16.0. The molecule has 1 N–H and O–H groups in total. The van der Waals surface area contributed by atoms with Crippen LogP contribution in [0.1, 0.15) is 5.56 Å². The number of benzene rings is 1. The van der Waals surface area contributed by atoms with E-state index in [0.29, 0.717) is 11.3 Å². The fraction of sp³-hybridized carbons (Fsp3) is 0.308. The van der Waals surface area contributed by atoms with Crippen LogP contribution in [0.2, 0.25) is 5.02 Å². The van der Waals surface area contributed by atoms with Crippen LogP contribution in [0.25, 0.3) is 6.08 Å². The number of carboxylic acids is 1. The predicted octanol–water partition coefficient (Wildman–Crippen LogP) is 1.87. The molecule has 0 heterocycles. The lowest BCUT2D eigenvalue weighted by atomic mass is 10.2. The summed E-state index contributed by atoms with van der Waals surface area (Å²) in [6, 6.07) is 3.04. The first kappa shape index (κ1) is 17.3.